The van der Waals surface area contributed by atoms with Crippen LogP contribution in [0.5, 0.6) is 5.75 Å². The van der Waals surface area contributed by atoms with Gasteiger partial charge in [-0.25, -0.2) is 0 Å². The second-order valence-electron chi connectivity index (χ2n) is 3.26. The molecule has 19 heavy (non-hydrogen) atoms. The van der Waals surface area contributed by atoms with Crippen LogP contribution in [0.1, 0.15) is 46.9 Å². The summed E-state index contributed by atoms with van der Waals surface area (Å²) in [5.74, 6) is -0.864. The molecule has 0 aliphatic carbocycles. The summed E-state index contributed by atoms with van der Waals surface area (Å²) in [7, 11) is 0. The van der Waals surface area contributed by atoms with Crippen molar-refractivity contribution in [1.29, 1.82) is 0 Å². The van der Waals surface area contributed by atoms with Crippen LogP contribution in [0.3, 0.4) is 0 Å². The average Bonchev–Trinajstić information content (AvgIpc) is 2.74. The van der Waals surface area contributed by atoms with Crippen LogP contribution >= 0.6 is 0 Å². The zero-order valence-corrected chi connectivity index (χ0v) is 9.91. The van der Waals surface area contributed by atoms with E-state index < -0.39 is 91.6 Å². The number of hydrogen-bond acceptors (Lipinski definition) is 2. The molecule has 0 saturated carbocycles. The van der Waals surface area contributed by atoms with E-state index in [0.717, 1.165) is 6.92 Å². The van der Waals surface area contributed by atoms with Crippen LogP contribution in [0.2, 0.25) is 0 Å². The quantitative estimate of drug-likeness (QED) is 0.865. The molecule has 100 valence electrons. The minimum Gasteiger partial charge on any atom is -0.485 e. The minimum atomic E-state index is -3.87. The molecule has 0 heterocycles. The smallest absolute Gasteiger partial charge is 0.125 e. The predicted molar refractivity (Wildman–Crippen MR) is 79.5 cm³/mol. The molecule has 2 aromatic carbocycles. The van der Waals surface area contributed by atoms with Gasteiger partial charge in [0.25, 0.3) is 0 Å². The lowest BCUT2D eigenvalue weighted by atomic mass is 10.1. The highest BCUT2D eigenvalue weighted by atomic mass is 16.5. The second kappa shape index (κ2) is 6.95. The molecular formula is C17H21NO. The number of rotatable bonds is 6. The van der Waals surface area contributed by atoms with Gasteiger partial charge in [-0.05, 0) is 37.6 Å². The first-order valence-corrected chi connectivity index (χ1v) is 5.16. The Morgan fingerprint density at radius 1 is 1.26 bits per heavy atom. The topological polar surface area (TPSA) is 21.3 Å². The Bertz CT molecular complexity index is 1150. The molecule has 1 unspecified atom stereocenters. The van der Waals surface area contributed by atoms with Gasteiger partial charge >= 0.3 is 0 Å². The zero-order chi connectivity index (χ0) is 28.3. The van der Waals surface area contributed by atoms with Crippen molar-refractivity contribution in [2.24, 2.45) is 0 Å². The molecule has 0 saturated heterocycles. The summed E-state index contributed by atoms with van der Waals surface area (Å²) in [6.07, 6.45) is -7.56. The van der Waals surface area contributed by atoms with Crippen LogP contribution < -0.4 is 10.1 Å². The van der Waals surface area contributed by atoms with Gasteiger partial charge in [-0.2, -0.15) is 0 Å². The van der Waals surface area contributed by atoms with E-state index in [1.54, 1.807) is 0 Å². The Kier molecular flexibility index (Phi) is 1.33. The first-order valence-electron chi connectivity index (χ1n) is 13.7. The summed E-state index contributed by atoms with van der Waals surface area (Å²) in [5, 5.41) is 1.39. The fraction of sp³-hybridized carbons (Fsp3) is 0.294. The molecule has 0 spiro atoms. The summed E-state index contributed by atoms with van der Waals surface area (Å²) in [4.78, 5) is 0. The summed E-state index contributed by atoms with van der Waals surface area (Å²) in [6.45, 7) is -5.86. The van der Waals surface area contributed by atoms with Crippen molar-refractivity contribution >= 4 is 0 Å². The van der Waals surface area contributed by atoms with Gasteiger partial charge in [0.1, 0.15) is 11.8 Å². The van der Waals surface area contributed by atoms with E-state index in [1.807, 2.05) is 0 Å². The van der Waals surface area contributed by atoms with E-state index in [4.69, 9.17) is 28.0 Å². The lowest BCUT2D eigenvalue weighted by Crippen LogP contribution is -2.16. The summed E-state index contributed by atoms with van der Waals surface area (Å²) in [5.41, 5.74) is -1.58. The van der Waals surface area contributed by atoms with Crippen molar-refractivity contribution < 1.29 is 28.0 Å². The fourth-order valence-electron chi connectivity index (χ4n) is 1.16. The van der Waals surface area contributed by atoms with Crippen LogP contribution in [0, 0.1) is 6.92 Å². The number of benzene rings is 2. The van der Waals surface area contributed by atoms with Crippen molar-refractivity contribution in [2.75, 3.05) is 13.5 Å². The monoisotopic (exact) mass is 272 g/mol. The van der Waals surface area contributed by atoms with E-state index >= 15 is 0 Å². The maximum Gasteiger partial charge on any atom is 0.125 e. The molecule has 2 heteroatoms. The van der Waals surface area contributed by atoms with Crippen molar-refractivity contribution in [3.05, 3.63) is 65.5 Å². The lowest BCUT2D eigenvalue weighted by Gasteiger charge is -2.20. The maximum absolute atomic E-state index is 8.92. The molecular weight excluding hydrogens is 234 g/mol. The predicted octanol–water partition coefficient (Wildman–Crippen LogP) is 3.72. The van der Waals surface area contributed by atoms with Gasteiger partial charge in [-0.3, -0.25) is 0 Å². The molecule has 2 aromatic rings. The van der Waals surface area contributed by atoms with Crippen molar-refractivity contribution in [3.8, 4) is 5.75 Å². The van der Waals surface area contributed by atoms with Crippen molar-refractivity contribution in [1.82, 2.24) is 5.32 Å². The van der Waals surface area contributed by atoms with E-state index in [9.17, 15) is 0 Å². The van der Waals surface area contributed by atoms with Crippen LogP contribution in [0.25, 0.3) is 0 Å². The van der Waals surface area contributed by atoms with E-state index in [2.05, 4.69) is 0 Å². The Morgan fingerprint density at radius 2 is 2.00 bits per heavy atom. The lowest BCUT2D eigenvalue weighted by molar-refractivity contribution is 0.193. The molecule has 2 nitrogen and oxygen atoms in total. The first-order chi connectivity index (χ1) is 16.0. The third-order valence-corrected chi connectivity index (χ3v) is 2.00. The van der Waals surface area contributed by atoms with Crippen LogP contribution in [-0.2, 0) is 0 Å². The third kappa shape index (κ3) is 3.83. The highest BCUT2D eigenvalue weighted by molar-refractivity contribution is 5.33. The van der Waals surface area contributed by atoms with E-state index in [0.29, 0.717) is 0 Å². The Balaban J connectivity index is 3.05. The number of nitrogens with one attached hydrogen (secondary N) is 1. The maximum atomic E-state index is 8.92. The SMILES string of the molecule is [2H]c1c([2H])c([2H])c(C([2H])(Oc2c([2H])c([2H])c([2H])c([2H])c2C)C([2H])([2H])C([2H])([2H])NC([2H])([2H])[2H])c([2H])c1[2H]. The molecule has 0 aliphatic heterocycles. The van der Waals surface area contributed by atoms with E-state index in [-0.39, 0.29) is 5.56 Å². The summed E-state index contributed by atoms with van der Waals surface area (Å²) in [6, 6.07) is -8.45. The van der Waals surface area contributed by atoms with E-state index in [1.165, 1.54) is 5.32 Å². The Labute approximate surface area is 139 Å². The third-order valence-electron chi connectivity index (χ3n) is 2.00. The number of para-hydroxylation sites is 1. The largest absolute Gasteiger partial charge is 0.485 e. The molecule has 1 N–H and O–H groups in total. The number of hydrogen-bond donors (Lipinski definition) is 1. The molecule has 0 bridgehead atoms. The first kappa shape index (κ1) is 3.64. The molecule has 0 fully saturated rings. The highest BCUT2D eigenvalue weighted by Crippen LogP contribution is 2.26. The normalized spacial score (nSPS) is 28.8. The van der Waals surface area contributed by atoms with Crippen LogP contribution in [0.15, 0.2) is 54.4 Å². The van der Waals surface area contributed by atoms with Crippen molar-refractivity contribution in [2.45, 2.75) is 19.4 Å². The van der Waals surface area contributed by atoms with Crippen LogP contribution in [0.4, 0.5) is 0 Å². The van der Waals surface area contributed by atoms with Crippen LogP contribution in [-0.4, -0.2) is 13.5 Å². The van der Waals surface area contributed by atoms with Gasteiger partial charge in [0.15, 0.2) is 0 Å². The minimum absolute atomic E-state index is 0.356. The standard InChI is InChI=1S/C17H21NO/c1-14-8-6-7-11-16(14)19-17(12-13-18-2)15-9-4-3-5-10-15/h3-11,17-18H,12-13H2,1-2H3/i2D3,3D,4D,5D,6D,7D,8D,9D,10D,11D,12D2,13D2,17D. The average molecular weight is 272 g/mol. The molecule has 2 rings (SSSR count). The van der Waals surface area contributed by atoms with Gasteiger partial charge in [-0.15, -0.1) is 0 Å². The van der Waals surface area contributed by atoms with Gasteiger partial charge in [0.05, 0.1) is 13.7 Å². The molecule has 1 atom stereocenters. The Morgan fingerprint density at radius 3 is 2.79 bits per heavy atom. The molecule has 0 aliphatic rings. The summed E-state index contributed by atoms with van der Waals surface area (Å²) < 4.78 is 141. The van der Waals surface area contributed by atoms with Gasteiger partial charge in [-0.1, -0.05) is 48.3 Å². The van der Waals surface area contributed by atoms with Gasteiger partial charge in [0, 0.05) is 16.0 Å². The fourth-order valence-corrected chi connectivity index (χ4v) is 1.16. The molecule has 0 radical (unpaired) electrons. The molecule has 0 amide bonds. The Hall–Kier alpha value is -1.80. The number of ether oxygens (including phenoxy) is 1. The van der Waals surface area contributed by atoms with Gasteiger partial charge < -0.3 is 10.1 Å². The van der Waals surface area contributed by atoms with Crippen molar-refractivity contribution in [3.63, 3.8) is 0 Å². The van der Waals surface area contributed by atoms with Gasteiger partial charge in [0.2, 0.25) is 0 Å². The summed E-state index contributed by atoms with van der Waals surface area (Å²) >= 11 is 0. The zero-order valence-electron chi connectivity index (χ0n) is 26.9. The highest BCUT2D eigenvalue weighted by Gasteiger charge is 2.13. The molecule has 0 aromatic heterocycles. The second-order valence-corrected chi connectivity index (χ2v) is 3.26.